The number of hydrogen-bond acceptors (Lipinski definition) is 3. The van der Waals surface area contributed by atoms with Crippen LogP contribution in [0.2, 0.25) is 0 Å². The van der Waals surface area contributed by atoms with Crippen LogP contribution in [0.15, 0.2) is 54.6 Å². The molecule has 0 aromatic heterocycles. The highest BCUT2D eigenvalue weighted by atomic mass is 16.2. The van der Waals surface area contributed by atoms with Crippen molar-refractivity contribution in [2.24, 2.45) is 0 Å². The number of unbranched alkanes of at least 4 members (excludes halogenated alkanes) is 1. The molecule has 0 aliphatic heterocycles. The van der Waals surface area contributed by atoms with Crippen LogP contribution >= 0.6 is 0 Å². The first-order valence-electron chi connectivity index (χ1n) is 8.55. The van der Waals surface area contributed by atoms with Gasteiger partial charge >= 0.3 is 0 Å². The van der Waals surface area contributed by atoms with Gasteiger partial charge in [-0.15, -0.1) is 0 Å². The van der Waals surface area contributed by atoms with Gasteiger partial charge in [-0.25, -0.2) is 0 Å². The van der Waals surface area contributed by atoms with Crippen LogP contribution in [-0.4, -0.2) is 32.0 Å². The molecule has 0 unspecified atom stereocenters. The van der Waals surface area contributed by atoms with Crippen LogP contribution in [-0.2, 0) is 4.79 Å². The van der Waals surface area contributed by atoms with Gasteiger partial charge in [0.05, 0.1) is 6.54 Å². The van der Waals surface area contributed by atoms with Crippen LogP contribution in [0.4, 0.5) is 11.4 Å². The average Bonchev–Trinajstić information content (AvgIpc) is 2.65. The Balaban J connectivity index is 1.91. The van der Waals surface area contributed by atoms with Crippen molar-refractivity contribution in [2.75, 3.05) is 30.4 Å². The first kappa shape index (κ1) is 18.7. The van der Waals surface area contributed by atoms with Gasteiger partial charge in [-0.05, 0) is 49.4 Å². The molecule has 0 heterocycles. The molecule has 0 radical (unpaired) electrons. The van der Waals surface area contributed by atoms with Crippen LogP contribution in [0.5, 0.6) is 0 Å². The first-order valence-corrected chi connectivity index (χ1v) is 8.55. The van der Waals surface area contributed by atoms with Gasteiger partial charge < -0.3 is 15.5 Å². The van der Waals surface area contributed by atoms with Gasteiger partial charge in [0.25, 0.3) is 5.91 Å². The van der Waals surface area contributed by atoms with E-state index in [1.807, 2.05) is 30.3 Å². The summed E-state index contributed by atoms with van der Waals surface area (Å²) in [5.41, 5.74) is 2.09. The lowest BCUT2D eigenvalue weighted by Gasteiger charge is -2.17. The standard InChI is InChI=1S/C20H25N3O2/c1-3-4-14-21-15-19(24)22-17-12-10-16(11-13-17)20(25)23(2)18-8-6-5-7-9-18/h5-13,21H,3-4,14-15H2,1-2H3,(H,22,24). The number of carbonyl (C=O) groups is 2. The third-order valence-electron chi connectivity index (χ3n) is 3.86. The second-order valence-electron chi connectivity index (χ2n) is 5.86. The molecule has 0 spiro atoms. The summed E-state index contributed by atoms with van der Waals surface area (Å²) in [6.45, 7) is 3.24. The number of amides is 2. The third kappa shape index (κ3) is 5.72. The van der Waals surface area contributed by atoms with Crippen molar-refractivity contribution in [1.82, 2.24) is 5.32 Å². The summed E-state index contributed by atoms with van der Waals surface area (Å²) >= 11 is 0. The number of para-hydroxylation sites is 1. The van der Waals surface area contributed by atoms with Gasteiger partial charge in [0.2, 0.25) is 5.91 Å². The van der Waals surface area contributed by atoms with Crippen molar-refractivity contribution in [3.63, 3.8) is 0 Å². The van der Waals surface area contributed by atoms with Crippen molar-refractivity contribution in [1.29, 1.82) is 0 Å². The SMILES string of the molecule is CCCCNCC(=O)Nc1ccc(C(=O)N(C)c2ccccc2)cc1. The predicted molar refractivity (Wildman–Crippen MR) is 102 cm³/mol. The lowest BCUT2D eigenvalue weighted by Crippen LogP contribution is -2.28. The number of nitrogens with one attached hydrogen (secondary N) is 2. The number of benzene rings is 2. The topological polar surface area (TPSA) is 61.4 Å². The molecule has 132 valence electrons. The summed E-state index contributed by atoms with van der Waals surface area (Å²) in [5, 5.41) is 5.92. The minimum absolute atomic E-state index is 0.0865. The monoisotopic (exact) mass is 339 g/mol. The molecule has 2 aromatic carbocycles. The number of carbonyl (C=O) groups excluding carboxylic acids is 2. The van der Waals surface area contributed by atoms with Gasteiger partial charge in [-0.2, -0.15) is 0 Å². The Morgan fingerprint density at radius 2 is 1.68 bits per heavy atom. The van der Waals surface area contributed by atoms with E-state index in [0.29, 0.717) is 11.3 Å². The fourth-order valence-electron chi connectivity index (χ4n) is 2.37. The van der Waals surface area contributed by atoms with E-state index >= 15 is 0 Å². The van der Waals surface area contributed by atoms with Crippen LogP contribution in [0.1, 0.15) is 30.1 Å². The number of rotatable bonds is 8. The number of hydrogen-bond donors (Lipinski definition) is 2. The van der Waals surface area contributed by atoms with Crippen molar-refractivity contribution >= 4 is 23.2 Å². The van der Waals surface area contributed by atoms with Gasteiger partial charge in [0.15, 0.2) is 0 Å². The van der Waals surface area contributed by atoms with E-state index < -0.39 is 0 Å². The molecule has 0 fully saturated rings. The molecule has 0 aliphatic rings. The van der Waals surface area contributed by atoms with E-state index in [9.17, 15) is 9.59 Å². The van der Waals surface area contributed by atoms with E-state index in [4.69, 9.17) is 0 Å². The molecule has 0 saturated heterocycles. The summed E-state index contributed by atoms with van der Waals surface area (Å²) in [5.74, 6) is -0.179. The second-order valence-corrected chi connectivity index (χ2v) is 5.86. The van der Waals surface area contributed by atoms with Gasteiger partial charge in [0, 0.05) is 24.0 Å². The Bertz CT molecular complexity index is 684. The van der Waals surface area contributed by atoms with Crippen molar-refractivity contribution in [2.45, 2.75) is 19.8 Å². The first-order chi connectivity index (χ1) is 12.1. The highest BCUT2D eigenvalue weighted by Gasteiger charge is 2.13. The quantitative estimate of drug-likeness (QED) is 0.726. The van der Waals surface area contributed by atoms with Crippen LogP contribution < -0.4 is 15.5 Å². The number of anilines is 2. The van der Waals surface area contributed by atoms with E-state index in [-0.39, 0.29) is 18.4 Å². The zero-order valence-electron chi connectivity index (χ0n) is 14.8. The third-order valence-corrected chi connectivity index (χ3v) is 3.86. The lowest BCUT2D eigenvalue weighted by molar-refractivity contribution is -0.115. The zero-order chi connectivity index (χ0) is 18.1. The Morgan fingerprint density at radius 3 is 2.32 bits per heavy atom. The molecular formula is C20H25N3O2. The number of nitrogens with zero attached hydrogens (tertiary/aromatic N) is 1. The average molecular weight is 339 g/mol. The fraction of sp³-hybridized carbons (Fsp3) is 0.300. The molecule has 2 aromatic rings. The van der Waals surface area contributed by atoms with E-state index in [2.05, 4.69) is 17.6 Å². The van der Waals surface area contributed by atoms with E-state index in [1.165, 1.54) is 0 Å². The Labute approximate surface area is 149 Å². The fourth-order valence-corrected chi connectivity index (χ4v) is 2.37. The maximum Gasteiger partial charge on any atom is 0.258 e. The van der Waals surface area contributed by atoms with Crippen LogP contribution in [0.25, 0.3) is 0 Å². The summed E-state index contributed by atoms with van der Waals surface area (Å²) in [7, 11) is 1.75. The summed E-state index contributed by atoms with van der Waals surface area (Å²) < 4.78 is 0. The minimum Gasteiger partial charge on any atom is -0.325 e. The smallest absolute Gasteiger partial charge is 0.258 e. The van der Waals surface area contributed by atoms with Crippen LogP contribution in [0.3, 0.4) is 0 Å². The Hall–Kier alpha value is -2.66. The minimum atomic E-state index is -0.0923. The summed E-state index contributed by atoms with van der Waals surface area (Å²) in [6.07, 6.45) is 2.15. The summed E-state index contributed by atoms with van der Waals surface area (Å²) in [4.78, 5) is 26.0. The van der Waals surface area contributed by atoms with Gasteiger partial charge in [-0.3, -0.25) is 9.59 Å². The molecule has 0 atom stereocenters. The maximum absolute atomic E-state index is 12.5. The lowest BCUT2D eigenvalue weighted by atomic mass is 10.1. The van der Waals surface area contributed by atoms with Crippen molar-refractivity contribution in [3.05, 3.63) is 60.2 Å². The van der Waals surface area contributed by atoms with E-state index in [0.717, 1.165) is 25.1 Å². The van der Waals surface area contributed by atoms with Gasteiger partial charge in [0.1, 0.15) is 0 Å². The predicted octanol–water partition coefficient (Wildman–Crippen LogP) is 3.29. The van der Waals surface area contributed by atoms with Gasteiger partial charge in [-0.1, -0.05) is 31.5 Å². The molecule has 2 N–H and O–H groups in total. The molecule has 0 bridgehead atoms. The normalized spacial score (nSPS) is 10.3. The molecule has 0 saturated carbocycles. The second kappa shape index (κ2) is 9.59. The molecule has 25 heavy (non-hydrogen) atoms. The molecule has 5 heteroatoms. The molecule has 2 amide bonds. The molecule has 2 rings (SSSR count). The van der Waals surface area contributed by atoms with E-state index in [1.54, 1.807) is 36.2 Å². The molecule has 0 aliphatic carbocycles. The molecule has 5 nitrogen and oxygen atoms in total. The van der Waals surface area contributed by atoms with Crippen LogP contribution in [0, 0.1) is 0 Å². The zero-order valence-corrected chi connectivity index (χ0v) is 14.8. The Morgan fingerprint density at radius 1 is 1.00 bits per heavy atom. The Kier molecular flexibility index (Phi) is 7.16. The van der Waals surface area contributed by atoms with Crippen molar-refractivity contribution in [3.8, 4) is 0 Å². The summed E-state index contributed by atoms with van der Waals surface area (Å²) in [6, 6.07) is 16.4. The largest absolute Gasteiger partial charge is 0.325 e. The van der Waals surface area contributed by atoms with Crippen molar-refractivity contribution < 1.29 is 9.59 Å². The highest BCUT2D eigenvalue weighted by molar-refractivity contribution is 6.06. The highest BCUT2D eigenvalue weighted by Crippen LogP contribution is 2.16. The molecular weight excluding hydrogens is 314 g/mol. The maximum atomic E-state index is 12.5.